The fourth-order valence-electron chi connectivity index (χ4n) is 5.67. The third-order valence-electron chi connectivity index (χ3n) is 7.55. The number of anilines is 1. The summed E-state index contributed by atoms with van der Waals surface area (Å²) in [4.78, 5) is 19.3. The van der Waals surface area contributed by atoms with Crippen LogP contribution < -0.4 is 10.2 Å². The smallest absolute Gasteiger partial charge is 0.366 e. The van der Waals surface area contributed by atoms with Crippen LogP contribution in [0.2, 0.25) is 0 Å². The number of hydrogen-bond acceptors (Lipinski definition) is 6. The van der Waals surface area contributed by atoms with Gasteiger partial charge in [0.15, 0.2) is 5.76 Å². The highest BCUT2D eigenvalue weighted by molar-refractivity contribution is 5.79. The SMILES string of the molecule is Cc1noc(C)c1N1CC[C@H](N2CC/C(=C/NC(=O)CN3CCc4ccc(C(F)(F)F)cc4C3)C2)C1. The molecule has 2 fully saturated rings. The van der Waals surface area contributed by atoms with Crippen molar-refractivity contribution in [3.8, 4) is 0 Å². The van der Waals surface area contributed by atoms with Crippen molar-refractivity contribution in [1.29, 1.82) is 0 Å². The van der Waals surface area contributed by atoms with Gasteiger partial charge in [-0.15, -0.1) is 0 Å². The van der Waals surface area contributed by atoms with Gasteiger partial charge in [0.2, 0.25) is 5.91 Å². The van der Waals surface area contributed by atoms with E-state index in [1.807, 2.05) is 24.9 Å². The van der Waals surface area contributed by atoms with Crippen molar-refractivity contribution < 1.29 is 22.5 Å². The molecule has 1 aromatic carbocycles. The summed E-state index contributed by atoms with van der Waals surface area (Å²) in [5.74, 6) is 0.720. The second-order valence-electron chi connectivity index (χ2n) is 10.1. The number of fused-ring (bicyclic) bond motifs is 1. The Morgan fingerprint density at radius 1 is 1.17 bits per heavy atom. The van der Waals surface area contributed by atoms with Gasteiger partial charge in [0, 0.05) is 51.5 Å². The number of rotatable bonds is 5. The van der Waals surface area contributed by atoms with E-state index in [1.165, 1.54) is 11.6 Å². The van der Waals surface area contributed by atoms with E-state index >= 15 is 0 Å². The van der Waals surface area contributed by atoms with Gasteiger partial charge in [-0.3, -0.25) is 14.6 Å². The first kappa shape index (κ1) is 24.8. The molecule has 3 aliphatic rings. The minimum atomic E-state index is -4.36. The summed E-state index contributed by atoms with van der Waals surface area (Å²) in [6, 6.07) is 4.36. The van der Waals surface area contributed by atoms with E-state index in [0.29, 0.717) is 31.1 Å². The van der Waals surface area contributed by atoms with Crippen molar-refractivity contribution in [1.82, 2.24) is 20.3 Å². The highest BCUT2D eigenvalue weighted by atomic mass is 19.4. The first-order valence-corrected chi connectivity index (χ1v) is 12.5. The van der Waals surface area contributed by atoms with E-state index in [0.717, 1.165) is 67.8 Å². The molecular weight excluding hydrogens is 471 g/mol. The van der Waals surface area contributed by atoms with Gasteiger partial charge in [0.1, 0.15) is 11.4 Å². The Morgan fingerprint density at radius 3 is 2.75 bits per heavy atom. The largest absolute Gasteiger partial charge is 0.416 e. The highest BCUT2D eigenvalue weighted by Gasteiger charge is 2.33. The third-order valence-corrected chi connectivity index (χ3v) is 7.55. The standard InChI is InChI=1S/C26H32F3N5O2/c1-17-25(18(2)36-31-17)34-10-7-23(15-34)33-9-5-19(13-33)12-30-24(35)16-32-8-6-20-3-4-22(26(27,28)29)11-21(20)14-32/h3-4,11-12,23H,5-10,13-16H2,1-2H3,(H,30,35)/b19-12-/t23-/m0/s1. The zero-order valence-corrected chi connectivity index (χ0v) is 20.7. The van der Waals surface area contributed by atoms with Crippen LogP contribution >= 0.6 is 0 Å². The van der Waals surface area contributed by atoms with Gasteiger partial charge < -0.3 is 14.7 Å². The summed E-state index contributed by atoms with van der Waals surface area (Å²) in [5.41, 5.74) is 4.16. The van der Waals surface area contributed by atoms with E-state index in [2.05, 4.69) is 20.3 Å². The maximum absolute atomic E-state index is 13.1. The van der Waals surface area contributed by atoms with Crippen LogP contribution in [0.5, 0.6) is 0 Å². The number of amides is 1. The number of halogens is 3. The van der Waals surface area contributed by atoms with Crippen LogP contribution in [-0.2, 0) is 23.9 Å². The molecule has 0 aliphatic carbocycles. The highest BCUT2D eigenvalue weighted by Crippen LogP contribution is 2.33. The van der Waals surface area contributed by atoms with Gasteiger partial charge in [-0.2, -0.15) is 13.2 Å². The topological polar surface area (TPSA) is 64.9 Å². The molecule has 1 aromatic heterocycles. The van der Waals surface area contributed by atoms with Crippen LogP contribution in [0.3, 0.4) is 0 Å². The Bertz CT molecular complexity index is 1140. The predicted octanol–water partition coefficient (Wildman–Crippen LogP) is 3.65. The Kier molecular flexibility index (Phi) is 6.82. The molecule has 36 heavy (non-hydrogen) atoms. The van der Waals surface area contributed by atoms with E-state index in [1.54, 1.807) is 6.07 Å². The van der Waals surface area contributed by atoms with E-state index in [9.17, 15) is 18.0 Å². The number of carbonyl (C=O) groups excluding carboxylic acids is 1. The van der Waals surface area contributed by atoms with Crippen molar-refractivity contribution >= 4 is 11.6 Å². The van der Waals surface area contributed by atoms with Gasteiger partial charge in [-0.05, 0) is 61.9 Å². The molecular formula is C26H32F3N5O2. The van der Waals surface area contributed by atoms with Crippen molar-refractivity contribution in [2.24, 2.45) is 0 Å². The zero-order valence-electron chi connectivity index (χ0n) is 20.7. The molecule has 2 saturated heterocycles. The molecule has 0 bridgehead atoms. The molecule has 0 spiro atoms. The summed E-state index contributed by atoms with van der Waals surface area (Å²) < 4.78 is 44.5. The average Bonchev–Trinajstić information content (AvgIpc) is 3.57. The van der Waals surface area contributed by atoms with Gasteiger partial charge >= 0.3 is 6.18 Å². The van der Waals surface area contributed by atoms with Crippen LogP contribution in [0.15, 0.2) is 34.5 Å². The number of carbonyl (C=O) groups is 1. The number of likely N-dealkylation sites (tertiary alicyclic amines) is 1. The predicted molar refractivity (Wildman–Crippen MR) is 129 cm³/mol. The fourth-order valence-corrected chi connectivity index (χ4v) is 5.67. The van der Waals surface area contributed by atoms with Gasteiger partial charge in [0.25, 0.3) is 0 Å². The zero-order chi connectivity index (χ0) is 25.4. The Balaban J connectivity index is 1.11. The monoisotopic (exact) mass is 503 g/mol. The normalized spacial score (nSPS) is 22.4. The summed E-state index contributed by atoms with van der Waals surface area (Å²) in [7, 11) is 0. The number of nitrogens with zero attached hydrogens (tertiary/aromatic N) is 4. The quantitative estimate of drug-likeness (QED) is 0.672. The summed E-state index contributed by atoms with van der Waals surface area (Å²) >= 11 is 0. The summed E-state index contributed by atoms with van der Waals surface area (Å²) in [5, 5.41) is 6.98. The lowest BCUT2D eigenvalue weighted by Gasteiger charge is -2.28. The molecule has 1 N–H and O–H groups in total. The van der Waals surface area contributed by atoms with Crippen LogP contribution in [0.4, 0.5) is 18.9 Å². The summed E-state index contributed by atoms with van der Waals surface area (Å²) in [6.07, 6.45) is 0.100. The second-order valence-corrected chi connectivity index (χ2v) is 10.1. The van der Waals surface area contributed by atoms with Crippen molar-refractivity contribution in [2.45, 2.75) is 51.9 Å². The third kappa shape index (κ3) is 5.29. The number of benzene rings is 1. The molecule has 2 aromatic rings. The number of hydrogen-bond donors (Lipinski definition) is 1. The van der Waals surface area contributed by atoms with Gasteiger partial charge in [0.05, 0.1) is 12.1 Å². The Hall–Kier alpha value is -2.85. The molecule has 1 amide bonds. The lowest BCUT2D eigenvalue weighted by Crippen LogP contribution is -2.38. The minimum absolute atomic E-state index is 0.137. The van der Waals surface area contributed by atoms with Crippen LogP contribution in [0, 0.1) is 13.8 Å². The average molecular weight is 504 g/mol. The first-order valence-electron chi connectivity index (χ1n) is 12.5. The molecule has 0 unspecified atom stereocenters. The van der Waals surface area contributed by atoms with E-state index in [4.69, 9.17) is 4.52 Å². The molecule has 4 heterocycles. The van der Waals surface area contributed by atoms with Crippen molar-refractivity contribution in [3.63, 3.8) is 0 Å². The number of aryl methyl sites for hydroxylation is 2. The van der Waals surface area contributed by atoms with Crippen molar-refractivity contribution in [2.75, 3.05) is 44.2 Å². The van der Waals surface area contributed by atoms with E-state index in [-0.39, 0.29) is 12.5 Å². The van der Waals surface area contributed by atoms with E-state index < -0.39 is 11.7 Å². The maximum atomic E-state index is 13.1. The molecule has 1 atom stereocenters. The lowest BCUT2D eigenvalue weighted by atomic mass is 9.97. The molecule has 5 rings (SSSR count). The van der Waals surface area contributed by atoms with Gasteiger partial charge in [-0.1, -0.05) is 11.2 Å². The number of nitrogens with one attached hydrogen (secondary N) is 1. The number of aromatic nitrogens is 1. The van der Waals surface area contributed by atoms with Crippen molar-refractivity contribution in [3.05, 3.63) is 58.1 Å². The Morgan fingerprint density at radius 2 is 2.00 bits per heavy atom. The lowest BCUT2D eigenvalue weighted by molar-refractivity contribution is -0.137. The molecule has 3 aliphatic heterocycles. The first-order chi connectivity index (χ1) is 17.2. The van der Waals surface area contributed by atoms with Crippen LogP contribution in [0.25, 0.3) is 0 Å². The second kappa shape index (κ2) is 9.89. The Labute approximate surface area is 208 Å². The maximum Gasteiger partial charge on any atom is 0.416 e. The molecule has 0 saturated carbocycles. The molecule has 7 nitrogen and oxygen atoms in total. The summed E-state index contributed by atoms with van der Waals surface area (Å²) in [6.45, 7) is 8.80. The minimum Gasteiger partial charge on any atom is -0.366 e. The van der Waals surface area contributed by atoms with Gasteiger partial charge in [-0.25, -0.2) is 0 Å². The van der Waals surface area contributed by atoms with Crippen LogP contribution in [-0.4, -0.2) is 66.2 Å². The van der Waals surface area contributed by atoms with Crippen LogP contribution in [0.1, 0.15) is 41.0 Å². The fraction of sp³-hybridized carbons (Fsp3) is 0.538. The number of alkyl halides is 3. The molecule has 10 heteroatoms. The molecule has 194 valence electrons. The molecule has 0 radical (unpaired) electrons.